The predicted molar refractivity (Wildman–Crippen MR) is 111 cm³/mol. The fraction of sp³-hybridized carbons (Fsp3) is 0.273. The van der Waals surface area contributed by atoms with Crippen molar-refractivity contribution in [1.29, 1.82) is 0 Å². The smallest absolute Gasteiger partial charge is 0.259 e. The van der Waals surface area contributed by atoms with Crippen molar-refractivity contribution in [1.82, 2.24) is 14.9 Å². The van der Waals surface area contributed by atoms with E-state index >= 15 is 0 Å². The topological polar surface area (TPSA) is 85.1 Å². The van der Waals surface area contributed by atoms with Gasteiger partial charge in [-0.2, -0.15) is 4.98 Å². The Kier molecular flexibility index (Phi) is 6.06. The molecule has 0 amide bonds. The molecule has 0 saturated heterocycles. The molecule has 1 N–H and O–H groups in total. The Bertz CT molecular complexity index is 1170. The fourth-order valence-corrected chi connectivity index (χ4v) is 4.74. The summed E-state index contributed by atoms with van der Waals surface area (Å²) in [6.45, 7) is 0.334. The average molecular weight is 428 g/mol. The number of allylic oxidation sites excluding steroid dienone is 1. The molecule has 1 aliphatic rings. The lowest BCUT2D eigenvalue weighted by Gasteiger charge is -2.13. The highest BCUT2D eigenvalue weighted by atomic mass is 32.2. The van der Waals surface area contributed by atoms with Crippen molar-refractivity contribution in [3.63, 3.8) is 0 Å². The Morgan fingerprint density at radius 1 is 1.10 bits per heavy atom. The highest BCUT2D eigenvalue weighted by Crippen LogP contribution is 2.28. The summed E-state index contributed by atoms with van der Waals surface area (Å²) >= 11 is 0. The largest absolute Gasteiger partial charge is 0.334 e. The monoisotopic (exact) mass is 427 g/mol. The van der Waals surface area contributed by atoms with Gasteiger partial charge < -0.3 is 4.52 Å². The molecule has 2 aromatic carbocycles. The van der Waals surface area contributed by atoms with Crippen LogP contribution in [0.3, 0.4) is 0 Å². The molecule has 0 bridgehead atoms. The van der Waals surface area contributed by atoms with E-state index in [0.717, 1.165) is 19.3 Å². The zero-order valence-corrected chi connectivity index (χ0v) is 17.2. The van der Waals surface area contributed by atoms with Crippen molar-refractivity contribution in [2.75, 3.05) is 6.54 Å². The molecule has 6 nitrogen and oxygen atoms in total. The Morgan fingerprint density at radius 2 is 1.97 bits per heavy atom. The molecule has 1 aromatic heterocycles. The standard InChI is InChI=1S/C22H22FN3O3S/c23-18-10-6-9-17(15-18)21-25-22(29-26-21)19-11-4-5-12-20(19)30(27,28)24-14-13-16-7-2-1-3-8-16/h4-7,9-12,15,24H,1-3,8,13-14H2. The lowest BCUT2D eigenvalue weighted by Crippen LogP contribution is -2.25. The van der Waals surface area contributed by atoms with Crippen LogP contribution in [0.5, 0.6) is 0 Å². The minimum absolute atomic E-state index is 0.0604. The van der Waals surface area contributed by atoms with Gasteiger partial charge in [0.05, 0.1) is 10.5 Å². The van der Waals surface area contributed by atoms with E-state index in [2.05, 4.69) is 20.9 Å². The van der Waals surface area contributed by atoms with Gasteiger partial charge in [0.15, 0.2) is 0 Å². The minimum Gasteiger partial charge on any atom is -0.334 e. The Morgan fingerprint density at radius 3 is 2.77 bits per heavy atom. The van der Waals surface area contributed by atoms with Gasteiger partial charge in [0, 0.05) is 12.1 Å². The summed E-state index contributed by atoms with van der Waals surface area (Å²) in [5.74, 6) is -0.168. The molecule has 156 valence electrons. The normalized spacial score (nSPS) is 14.5. The van der Waals surface area contributed by atoms with Crippen LogP contribution in [0.4, 0.5) is 4.39 Å². The van der Waals surface area contributed by atoms with Crippen molar-refractivity contribution in [3.05, 3.63) is 66.0 Å². The first-order valence-corrected chi connectivity index (χ1v) is 11.4. The van der Waals surface area contributed by atoms with Crippen LogP contribution in [0, 0.1) is 5.82 Å². The van der Waals surface area contributed by atoms with Crippen LogP contribution >= 0.6 is 0 Å². The maximum absolute atomic E-state index is 13.5. The molecule has 8 heteroatoms. The summed E-state index contributed by atoms with van der Waals surface area (Å²) in [5, 5.41) is 3.87. The third kappa shape index (κ3) is 4.66. The SMILES string of the molecule is O=S(=O)(NCCC1=CCCCC1)c1ccccc1-c1nc(-c2cccc(F)c2)no1. The molecule has 4 rings (SSSR count). The number of hydrogen-bond acceptors (Lipinski definition) is 5. The average Bonchev–Trinajstić information content (AvgIpc) is 3.25. The number of nitrogens with zero attached hydrogens (tertiary/aromatic N) is 2. The van der Waals surface area contributed by atoms with Crippen molar-refractivity contribution < 1.29 is 17.3 Å². The van der Waals surface area contributed by atoms with E-state index in [-0.39, 0.29) is 16.6 Å². The zero-order valence-electron chi connectivity index (χ0n) is 16.3. The van der Waals surface area contributed by atoms with Crippen molar-refractivity contribution in [2.45, 2.75) is 37.0 Å². The van der Waals surface area contributed by atoms with Crippen molar-refractivity contribution >= 4 is 10.0 Å². The summed E-state index contributed by atoms with van der Waals surface area (Å²) in [5.41, 5.74) is 2.05. The third-order valence-electron chi connectivity index (χ3n) is 5.04. The second-order valence-electron chi connectivity index (χ2n) is 7.19. The van der Waals surface area contributed by atoms with Crippen molar-refractivity contribution in [3.8, 4) is 22.8 Å². The minimum atomic E-state index is -3.77. The Hall–Kier alpha value is -2.84. The number of halogens is 1. The molecule has 0 fully saturated rings. The predicted octanol–water partition coefficient (Wildman–Crippen LogP) is 4.71. The second kappa shape index (κ2) is 8.89. The number of aromatic nitrogens is 2. The molecular formula is C22H22FN3O3S. The van der Waals surface area contributed by atoms with Gasteiger partial charge >= 0.3 is 0 Å². The maximum atomic E-state index is 13.5. The van der Waals surface area contributed by atoms with E-state index in [9.17, 15) is 12.8 Å². The molecule has 30 heavy (non-hydrogen) atoms. The first-order chi connectivity index (χ1) is 14.5. The number of rotatable bonds is 7. The summed E-state index contributed by atoms with van der Waals surface area (Å²) in [4.78, 5) is 4.34. The van der Waals surface area contributed by atoms with E-state index in [1.807, 2.05) is 0 Å². The lowest BCUT2D eigenvalue weighted by atomic mass is 9.97. The van der Waals surface area contributed by atoms with Gasteiger partial charge in [0.25, 0.3) is 5.89 Å². The van der Waals surface area contributed by atoms with E-state index < -0.39 is 15.8 Å². The van der Waals surface area contributed by atoms with Gasteiger partial charge in [-0.1, -0.05) is 41.1 Å². The Balaban J connectivity index is 1.55. The zero-order chi connectivity index (χ0) is 21.0. The highest BCUT2D eigenvalue weighted by Gasteiger charge is 2.22. The van der Waals surface area contributed by atoms with E-state index in [1.165, 1.54) is 30.2 Å². The van der Waals surface area contributed by atoms with E-state index in [4.69, 9.17) is 4.52 Å². The molecule has 1 heterocycles. The molecular weight excluding hydrogens is 405 g/mol. The summed E-state index contributed by atoms with van der Waals surface area (Å²) in [7, 11) is -3.77. The fourth-order valence-electron chi connectivity index (χ4n) is 3.51. The Labute approximate surface area is 174 Å². The second-order valence-corrected chi connectivity index (χ2v) is 8.92. The highest BCUT2D eigenvalue weighted by molar-refractivity contribution is 7.89. The van der Waals surface area contributed by atoms with E-state index in [1.54, 1.807) is 30.3 Å². The molecule has 0 spiro atoms. The van der Waals surface area contributed by atoms with Crippen LogP contribution in [0.25, 0.3) is 22.8 Å². The number of benzene rings is 2. The third-order valence-corrected chi connectivity index (χ3v) is 6.56. The van der Waals surface area contributed by atoms with E-state index in [0.29, 0.717) is 24.1 Å². The van der Waals surface area contributed by atoms with Gasteiger partial charge in [-0.3, -0.25) is 0 Å². The van der Waals surface area contributed by atoms with Crippen molar-refractivity contribution in [2.24, 2.45) is 0 Å². The quantitative estimate of drug-likeness (QED) is 0.552. The summed E-state index contributed by atoms with van der Waals surface area (Å²) < 4.78 is 47.3. The van der Waals surface area contributed by atoms with Crippen LogP contribution in [-0.4, -0.2) is 25.1 Å². The van der Waals surface area contributed by atoms with Gasteiger partial charge in [0.2, 0.25) is 15.8 Å². The molecule has 1 aliphatic carbocycles. The molecule has 0 saturated carbocycles. The van der Waals surface area contributed by atoms with Gasteiger partial charge in [-0.25, -0.2) is 17.5 Å². The first-order valence-electron chi connectivity index (χ1n) is 9.89. The number of nitrogens with one attached hydrogen (secondary N) is 1. The molecule has 0 radical (unpaired) electrons. The summed E-state index contributed by atoms with van der Waals surface area (Å²) in [6.07, 6.45) is 7.36. The van der Waals surface area contributed by atoms with Gasteiger partial charge in [-0.05, 0) is 56.4 Å². The summed E-state index contributed by atoms with van der Waals surface area (Å²) in [6, 6.07) is 12.3. The van der Waals surface area contributed by atoms with Crippen LogP contribution in [0.15, 0.2) is 69.6 Å². The van der Waals surface area contributed by atoms with Crippen LogP contribution in [0.1, 0.15) is 32.1 Å². The number of hydrogen-bond donors (Lipinski definition) is 1. The van der Waals surface area contributed by atoms with Gasteiger partial charge in [0.1, 0.15) is 5.82 Å². The van der Waals surface area contributed by atoms with Crippen LogP contribution in [-0.2, 0) is 10.0 Å². The first kappa shape index (κ1) is 20.4. The lowest BCUT2D eigenvalue weighted by molar-refractivity contribution is 0.431. The molecule has 0 aliphatic heterocycles. The van der Waals surface area contributed by atoms with Crippen LogP contribution in [0.2, 0.25) is 0 Å². The molecule has 0 atom stereocenters. The van der Waals surface area contributed by atoms with Crippen LogP contribution < -0.4 is 4.72 Å². The maximum Gasteiger partial charge on any atom is 0.259 e. The molecule has 0 unspecified atom stereocenters. The van der Waals surface area contributed by atoms with Gasteiger partial charge in [-0.15, -0.1) is 0 Å². The number of sulfonamides is 1. The molecule has 3 aromatic rings.